The molecule has 3 rings (SSSR count). The molecule has 0 radical (unpaired) electrons. The van der Waals surface area contributed by atoms with E-state index in [4.69, 9.17) is 18.9 Å². The zero-order valence-electron chi connectivity index (χ0n) is 17.0. The van der Waals surface area contributed by atoms with E-state index in [1.54, 1.807) is 20.4 Å². The average molecular weight is 394 g/mol. The van der Waals surface area contributed by atoms with Gasteiger partial charge in [-0.3, -0.25) is 0 Å². The van der Waals surface area contributed by atoms with Crippen LogP contribution in [0.2, 0.25) is 0 Å². The molecular formula is C23H26N2O4. The minimum Gasteiger partial charge on any atom is -0.494 e. The molecule has 0 spiro atoms. The zero-order chi connectivity index (χ0) is 20.5. The lowest BCUT2D eigenvalue weighted by molar-refractivity contribution is 0.339. The van der Waals surface area contributed by atoms with Gasteiger partial charge in [0.05, 0.1) is 20.8 Å². The van der Waals surface area contributed by atoms with E-state index in [0.29, 0.717) is 31.3 Å². The summed E-state index contributed by atoms with van der Waals surface area (Å²) in [6.07, 6.45) is 1.74. The van der Waals surface area contributed by atoms with Crippen LogP contribution in [0.1, 0.15) is 18.1 Å². The second-order valence-corrected chi connectivity index (χ2v) is 6.27. The molecule has 29 heavy (non-hydrogen) atoms. The SMILES string of the molecule is CCOc1ccc(Oc2cc(CNCc3cccc(OC)c3OC)ccn2)cc1. The van der Waals surface area contributed by atoms with Crippen LogP contribution in [0.15, 0.2) is 60.8 Å². The van der Waals surface area contributed by atoms with E-state index in [1.807, 2.05) is 61.5 Å². The molecule has 1 N–H and O–H groups in total. The van der Waals surface area contributed by atoms with E-state index < -0.39 is 0 Å². The van der Waals surface area contributed by atoms with Crippen LogP contribution in [0.4, 0.5) is 0 Å². The summed E-state index contributed by atoms with van der Waals surface area (Å²) in [5.41, 5.74) is 2.11. The first-order valence-corrected chi connectivity index (χ1v) is 9.49. The Hall–Kier alpha value is -3.25. The number of nitrogens with one attached hydrogen (secondary N) is 1. The highest BCUT2D eigenvalue weighted by molar-refractivity contribution is 5.46. The minimum atomic E-state index is 0.549. The molecule has 1 heterocycles. The minimum absolute atomic E-state index is 0.549. The lowest BCUT2D eigenvalue weighted by Crippen LogP contribution is -2.13. The van der Waals surface area contributed by atoms with Crippen molar-refractivity contribution in [3.8, 4) is 28.9 Å². The molecule has 0 saturated carbocycles. The van der Waals surface area contributed by atoms with Gasteiger partial charge in [0.1, 0.15) is 11.5 Å². The maximum Gasteiger partial charge on any atom is 0.219 e. The Morgan fingerprint density at radius 2 is 1.69 bits per heavy atom. The molecule has 0 aliphatic heterocycles. The molecule has 0 fully saturated rings. The van der Waals surface area contributed by atoms with Crippen LogP contribution in [-0.2, 0) is 13.1 Å². The number of benzene rings is 2. The van der Waals surface area contributed by atoms with Gasteiger partial charge in [0.15, 0.2) is 11.5 Å². The van der Waals surface area contributed by atoms with Crippen molar-refractivity contribution in [2.45, 2.75) is 20.0 Å². The summed E-state index contributed by atoms with van der Waals surface area (Å²) in [6, 6.07) is 17.2. The van der Waals surface area contributed by atoms with Crippen molar-refractivity contribution in [1.82, 2.24) is 10.3 Å². The van der Waals surface area contributed by atoms with Crippen LogP contribution < -0.4 is 24.3 Å². The number of methoxy groups -OCH3 is 2. The van der Waals surface area contributed by atoms with E-state index in [9.17, 15) is 0 Å². The predicted octanol–water partition coefficient (Wildman–Crippen LogP) is 4.58. The number of aromatic nitrogens is 1. The van der Waals surface area contributed by atoms with Crippen LogP contribution in [0.5, 0.6) is 28.9 Å². The van der Waals surface area contributed by atoms with E-state index >= 15 is 0 Å². The standard InChI is InChI=1S/C23H26N2O4/c1-4-28-19-8-10-20(11-9-19)29-22-14-17(12-13-25-22)15-24-16-18-6-5-7-21(26-2)23(18)27-3/h5-14,24H,4,15-16H2,1-3H3. The van der Waals surface area contributed by atoms with E-state index in [0.717, 1.165) is 28.4 Å². The molecule has 0 bridgehead atoms. The van der Waals surface area contributed by atoms with Gasteiger partial charge in [-0.2, -0.15) is 0 Å². The fourth-order valence-electron chi connectivity index (χ4n) is 2.94. The number of para-hydroxylation sites is 1. The molecule has 3 aromatic rings. The summed E-state index contributed by atoms with van der Waals surface area (Å²) in [5, 5.41) is 3.42. The topological polar surface area (TPSA) is 61.8 Å². The van der Waals surface area contributed by atoms with Gasteiger partial charge < -0.3 is 24.3 Å². The van der Waals surface area contributed by atoms with E-state index in [-0.39, 0.29) is 0 Å². The lowest BCUT2D eigenvalue weighted by atomic mass is 10.1. The van der Waals surface area contributed by atoms with Gasteiger partial charge in [-0.05, 0) is 48.9 Å². The number of hydrogen-bond donors (Lipinski definition) is 1. The summed E-state index contributed by atoms with van der Waals surface area (Å²) < 4.78 is 22.1. The first-order valence-electron chi connectivity index (χ1n) is 9.49. The number of nitrogens with zero attached hydrogens (tertiary/aromatic N) is 1. The molecule has 2 aromatic carbocycles. The normalized spacial score (nSPS) is 10.4. The second kappa shape index (κ2) is 10.3. The zero-order valence-corrected chi connectivity index (χ0v) is 17.0. The third kappa shape index (κ3) is 5.62. The summed E-state index contributed by atoms with van der Waals surface area (Å²) in [4.78, 5) is 4.29. The molecule has 0 aliphatic carbocycles. The maximum absolute atomic E-state index is 5.85. The molecule has 152 valence electrons. The summed E-state index contributed by atoms with van der Waals surface area (Å²) in [6.45, 7) is 3.91. The van der Waals surface area contributed by atoms with Gasteiger partial charge in [-0.1, -0.05) is 12.1 Å². The Labute approximate surface area is 171 Å². The molecule has 0 unspecified atom stereocenters. The fourth-order valence-corrected chi connectivity index (χ4v) is 2.94. The van der Waals surface area contributed by atoms with Gasteiger partial charge in [0.2, 0.25) is 5.88 Å². The van der Waals surface area contributed by atoms with Crippen LogP contribution in [-0.4, -0.2) is 25.8 Å². The van der Waals surface area contributed by atoms with Crippen molar-refractivity contribution < 1.29 is 18.9 Å². The lowest BCUT2D eigenvalue weighted by Gasteiger charge is -2.13. The highest BCUT2D eigenvalue weighted by Gasteiger charge is 2.09. The van der Waals surface area contributed by atoms with Crippen molar-refractivity contribution in [2.75, 3.05) is 20.8 Å². The number of ether oxygens (including phenoxy) is 4. The maximum atomic E-state index is 5.85. The van der Waals surface area contributed by atoms with Gasteiger partial charge in [-0.25, -0.2) is 4.98 Å². The molecule has 1 aromatic heterocycles. The molecule has 0 aliphatic rings. The molecule has 0 atom stereocenters. The van der Waals surface area contributed by atoms with Crippen molar-refractivity contribution in [3.05, 3.63) is 71.9 Å². The monoisotopic (exact) mass is 394 g/mol. The Kier molecular flexibility index (Phi) is 7.30. The number of rotatable bonds is 10. The van der Waals surface area contributed by atoms with Crippen molar-refractivity contribution in [1.29, 1.82) is 0 Å². The molecule has 0 saturated heterocycles. The average Bonchev–Trinajstić information content (AvgIpc) is 2.75. The van der Waals surface area contributed by atoms with Gasteiger partial charge in [0, 0.05) is 30.9 Å². The van der Waals surface area contributed by atoms with Crippen LogP contribution in [0.25, 0.3) is 0 Å². The smallest absolute Gasteiger partial charge is 0.219 e. The largest absolute Gasteiger partial charge is 0.494 e. The Morgan fingerprint density at radius 3 is 2.41 bits per heavy atom. The summed E-state index contributed by atoms with van der Waals surface area (Å²) in [5.74, 6) is 3.55. The van der Waals surface area contributed by atoms with E-state index in [1.165, 1.54) is 0 Å². The third-order valence-electron chi connectivity index (χ3n) is 4.29. The van der Waals surface area contributed by atoms with Crippen molar-refractivity contribution in [2.24, 2.45) is 0 Å². The van der Waals surface area contributed by atoms with Gasteiger partial charge in [-0.15, -0.1) is 0 Å². The molecule has 0 amide bonds. The second-order valence-electron chi connectivity index (χ2n) is 6.27. The molecular weight excluding hydrogens is 368 g/mol. The molecule has 6 nitrogen and oxygen atoms in total. The highest BCUT2D eigenvalue weighted by atomic mass is 16.5. The number of pyridine rings is 1. The van der Waals surface area contributed by atoms with Crippen molar-refractivity contribution in [3.63, 3.8) is 0 Å². The van der Waals surface area contributed by atoms with Gasteiger partial charge >= 0.3 is 0 Å². The van der Waals surface area contributed by atoms with E-state index in [2.05, 4.69) is 10.3 Å². The molecule has 6 heteroatoms. The van der Waals surface area contributed by atoms with Crippen LogP contribution >= 0.6 is 0 Å². The Balaban J connectivity index is 1.59. The Bertz CT molecular complexity index is 913. The van der Waals surface area contributed by atoms with Crippen LogP contribution in [0, 0.1) is 0 Å². The fraction of sp³-hybridized carbons (Fsp3) is 0.261. The first-order chi connectivity index (χ1) is 14.2. The van der Waals surface area contributed by atoms with Crippen LogP contribution in [0.3, 0.4) is 0 Å². The quantitative estimate of drug-likeness (QED) is 0.543. The predicted molar refractivity (Wildman–Crippen MR) is 112 cm³/mol. The first kappa shape index (κ1) is 20.5. The van der Waals surface area contributed by atoms with Crippen molar-refractivity contribution >= 4 is 0 Å². The number of hydrogen-bond acceptors (Lipinski definition) is 6. The summed E-state index contributed by atoms with van der Waals surface area (Å²) in [7, 11) is 3.28. The third-order valence-corrected chi connectivity index (χ3v) is 4.29. The highest BCUT2D eigenvalue weighted by Crippen LogP contribution is 2.30. The Morgan fingerprint density at radius 1 is 0.897 bits per heavy atom. The van der Waals surface area contributed by atoms with Gasteiger partial charge in [0.25, 0.3) is 0 Å². The summed E-state index contributed by atoms with van der Waals surface area (Å²) >= 11 is 0.